The predicted octanol–water partition coefficient (Wildman–Crippen LogP) is 2.31. The number of halogens is 1. The van der Waals surface area contributed by atoms with E-state index in [-0.39, 0.29) is 23.7 Å². The highest BCUT2D eigenvalue weighted by Crippen LogP contribution is 2.20. The molecule has 0 aliphatic carbocycles. The van der Waals surface area contributed by atoms with Crippen molar-refractivity contribution in [2.45, 2.75) is 12.8 Å². The van der Waals surface area contributed by atoms with E-state index in [0.717, 1.165) is 0 Å². The summed E-state index contributed by atoms with van der Waals surface area (Å²) in [6.45, 7) is 0.671. The number of para-hydroxylation sites is 1. The lowest BCUT2D eigenvalue weighted by molar-refractivity contribution is -0.143. The summed E-state index contributed by atoms with van der Waals surface area (Å²) in [6.07, 6.45) is 1.21. The number of carboxylic acid groups (broad SMARTS) is 1. The Morgan fingerprint density at radius 3 is 2.86 bits per heavy atom. The molecule has 2 aromatic rings. The van der Waals surface area contributed by atoms with Crippen LogP contribution in [0.3, 0.4) is 0 Å². The van der Waals surface area contributed by atoms with Crippen LogP contribution >= 0.6 is 0 Å². The highest BCUT2D eigenvalue weighted by atomic mass is 19.1. The Morgan fingerprint density at radius 2 is 2.09 bits per heavy atom. The molecule has 114 valence electrons. The first kappa shape index (κ1) is 14.4. The first-order chi connectivity index (χ1) is 10.6. The molecule has 0 spiro atoms. The van der Waals surface area contributed by atoms with Gasteiger partial charge < -0.3 is 10.0 Å². The quantitative estimate of drug-likeness (QED) is 0.924. The maximum Gasteiger partial charge on any atom is 0.308 e. The number of likely N-dealkylation sites (tertiary alicyclic amines) is 1. The number of hydrogen-bond donors (Lipinski definition) is 1. The number of nitrogens with zero attached hydrogens (tertiary/aromatic N) is 2. The van der Waals surface area contributed by atoms with Gasteiger partial charge in [0, 0.05) is 18.5 Å². The van der Waals surface area contributed by atoms with Crippen molar-refractivity contribution < 1.29 is 19.1 Å². The molecule has 0 saturated carbocycles. The van der Waals surface area contributed by atoms with E-state index in [1.165, 1.54) is 11.0 Å². The van der Waals surface area contributed by atoms with Crippen molar-refractivity contribution >= 4 is 22.8 Å². The fourth-order valence-electron chi connectivity index (χ4n) is 2.76. The van der Waals surface area contributed by atoms with E-state index in [1.54, 1.807) is 24.3 Å². The van der Waals surface area contributed by atoms with Crippen LogP contribution in [0.4, 0.5) is 4.39 Å². The van der Waals surface area contributed by atoms with Crippen LogP contribution in [0.25, 0.3) is 10.9 Å². The summed E-state index contributed by atoms with van der Waals surface area (Å²) < 4.78 is 13.8. The summed E-state index contributed by atoms with van der Waals surface area (Å²) in [5.41, 5.74) is 0.295. The van der Waals surface area contributed by atoms with Crippen LogP contribution in [0.2, 0.25) is 0 Å². The minimum Gasteiger partial charge on any atom is -0.481 e. The van der Waals surface area contributed by atoms with Gasteiger partial charge >= 0.3 is 5.97 Å². The third kappa shape index (κ3) is 2.64. The molecule has 3 rings (SSSR count). The fraction of sp³-hybridized carbons (Fsp3) is 0.312. The molecule has 2 heterocycles. The van der Waals surface area contributed by atoms with Crippen LogP contribution in [-0.2, 0) is 4.79 Å². The SMILES string of the molecule is O=C(O)C1CCCN(C(=O)c2ccc3cccc(F)c3n2)C1. The molecule has 5 nitrogen and oxygen atoms in total. The molecule has 1 aliphatic rings. The maximum absolute atomic E-state index is 13.8. The second-order valence-corrected chi connectivity index (χ2v) is 5.44. The third-order valence-corrected chi connectivity index (χ3v) is 3.95. The Hall–Kier alpha value is -2.50. The first-order valence-electron chi connectivity index (χ1n) is 7.13. The van der Waals surface area contributed by atoms with Crippen LogP contribution in [0.15, 0.2) is 30.3 Å². The van der Waals surface area contributed by atoms with E-state index in [2.05, 4.69) is 4.98 Å². The lowest BCUT2D eigenvalue weighted by atomic mass is 9.98. The number of hydrogen-bond acceptors (Lipinski definition) is 3. The van der Waals surface area contributed by atoms with Crippen molar-refractivity contribution in [3.05, 3.63) is 41.8 Å². The number of piperidine rings is 1. The summed E-state index contributed by atoms with van der Waals surface area (Å²) in [5.74, 6) is -2.27. The number of pyridine rings is 1. The molecule has 0 radical (unpaired) electrons. The lowest BCUT2D eigenvalue weighted by Gasteiger charge is -2.30. The highest BCUT2D eigenvalue weighted by molar-refractivity contribution is 5.95. The Bertz CT molecular complexity index is 747. The Labute approximate surface area is 126 Å². The number of aromatic nitrogens is 1. The van der Waals surface area contributed by atoms with Gasteiger partial charge in [-0.25, -0.2) is 9.37 Å². The highest BCUT2D eigenvalue weighted by Gasteiger charge is 2.29. The molecular formula is C16H15FN2O3. The molecule has 1 fully saturated rings. The van der Waals surface area contributed by atoms with Gasteiger partial charge in [-0.3, -0.25) is 9.59 Å². The van der Waals surface area contributed by atoms with Crippen LogP contribution < -0.4 is 0 Å². The van der Waals surface area contributed by atoms with Crippen molar-refractivity contribution in [3.8, 4) is 0 Å². The van der Waals surface area contributed by atoms with E-state index in [4.69, 9.17) is 5.11 Å². The second kappa shape index (κ2) is 5.71. The summed E-state index contributed by atoms with van der Waals surface area (Å²) in [7, 11) is 0. The molecule has 1 aromatic carbocycles. The number of rotatable bonds is 2. The zero-order valence-electron chi connectivity index (χ0n) is 11.8. The molecular weight excluding hydrogens is 287 g/mol. The van der Waals surface area contributed by atoms with Gasteiger partial charge in [0.05, 0.1) is 5.92 Å². The van der Waals surface area contributed by atoms with Crippen LogP contribution in [0.5, 0.6) is 0 Å². The molecule has 6 heteroatoms. The van der Waals surface area contributed by atoms with Crippen LogP contribution in [-0.4, -0.2) is 40.0 Å². The summed E-state index contributed by atoms with van der Waals surface area (Å²) in [5, 5.41) is 9.71. The normalized spacial score (nSPS) is 18.4. The number of fused-ring (bicyclic) bond motifs is 1. The standard InChI is InChI=1S/C16H15FN2O3/c17-12-5-1-3-10-6-7-13(18-14(10)12)15(20)19-8-2-4-11(9-19)16(21)22/h1,3,5-7,11H,2,4,8-9H2,(H,21,22). The third-order valence-electron chi connectivity index (χ3n) is 3.95. The number of carboxylic acids is 1. The maximum atomic E-state index is 13.8. The summed E-state index contributed by atoms with van der Waals surface area (Å²) in [6, 6.07) is 7.81. The Balaban J connectivity index is 1.88. The molecule has 1 atom stereocenters. The van der Waals surface area contributed by atoms with Crippen LogP contribution in [0, 0.1) is 11.7 Å². The molecule has 1 amide bonds. The van der Waals surface area contributed by atoms with E-state index in [1.807, 2.05) is 0 Å². The van der Waals surface area contributed by atoms with Gasteiger partial charge in [-0.1, -0.05) is 18.2 Å². The number of aliphatic carboxylic acids is 1. The molecule has 1 aliphatic heterocycles. The van der Waals surface area contributed by atoms with Gasteiger partial charge in [-0.2, -0.15) is 0 Å². The van der Waals surface area contributed by atoms with Crippen molar-refractivity contribution in [1.82, 2.24) is 9.88 Å². The Morgan fingerprint density at radius 1 is 1.27 bits per heavy atom. The van der Waals surface area contributed by atoms with E-state index in [9.17, 15) is 14.0 Å². The summed E-state index contributed by atoms with van der Waals surface area (Å²) >= 11 is 0. The Kier molecular flexibility index (Phi) is 3.75. The summed E-state index contributed by atoms with van der Waals surface area (Å²) in [4.78, 5) is 29.1. The van der Waals surface area contributed by atoms with Gasteiger partial charge in [-0.05, 0) is 25.0 Å². The molecule has 0 bridgehead atoms. The molecule has 1 N–H and O–H groups in total. The first-order valence-corrected chi connectivity index (χ1v) is 7.13. The van der Waals surface area contributed by atoms with Crippen molar-refractivity contribution in [2.24, 2.45) is 5.92 Å². The van der Waals surface area contributed by atoms with Crippen molar-refractivity contribution in [3.63, 3.8) is 0 Å². The van der Waals surface area contributed by atoms with Gasteiger partial charge in [0.25, 0.3) is 5.91 Å². The van der Waals surface area contributed by atoms with E-state index < -0.39 is 17.7 Å². The predicted molar refractivity (Wildman–Crippen MR) is 78.0 cm³/mol. The zero-order valence-corrected chi connectivity index (χ0v) is 11.8. The molecule has 1 saturated heterocycles. The average molecular weight is 302 g/mol. The zero-order chi connectivity index (χ0) is 15.7. The number of amides is 1. The van der Waals surface area contributed by atoms with Gasteiger partial charge in [-0.15, -0.1) is 0 Å². The smallest absolute Gasteiger partial charge is 0.308 e. The minimum atomic E-state index is -0.894. The monoisotopic (exact) mass is 302 g/mol. The molecule has 1 aromatic heterocycles. The number of carbonyl (C=O) groups is 2. The van der Waals surface area contributed by atoms with Gasteiger partial charge in [0.1, 0.15) is 17.0 Å². The topological polar surface area (TPSA) is 70.5 Å². The average Bonchev–Trinajstić information content (AvgIpc) is 2.54. The van der Waals surface area contributed by atoms with Crippen molar-refractivity contribution in [2.75, 3.05) is 13.1 Å². The minimum absolute atomic E-state index is 0.142. The van der Waals surface area contributed by atoms with Crippen LogP contribution in [0.1, 0.15) is 23.3 Å². The second-order valence-electron chi connectivity index (χ2n) is 5.44. The fourth-order valence-corrected chi connectivity index (χ4v) is 2.76. The van der Waals surface area contributed by atoms with Gasteiger partial charge in [0.15, 0.2) is 0 Å². The van der Waals surface area contributed by atoms with E-state index >= 15 is 0 Å². The number of benzene rings is 1. The number of carbonyl (C=O) groups excluding carboxylic acids is 1. The lowest BCUT2D eigenvalue weighted by Crippen LogP contribution is -2.42. The van der Waals surface area contributed by atoms with Gasteiger partial charge in [0.2, 0.25) is 0 Å². The molecule has 22 heavy (non-hydrogen) atoms. The largest absolute Gasteiger partial charge is 0.481 e. The molecule has 1 unspecified atom stereocenters. The van der Waals surface area contributed by atoms with E-state index in [0.29, 0.717) is 24.8 Å². The van der Waals surface area contributed by atoms with Crippen molar-refractivity contribution in [1.29, 1.82) is 0 Å².